The van der Waals surface area contributed by atoms with Crippen molar-refractivity contribution in [1.82, 2.24) is 5.32 Å². The normalized spacial score (nSPS) is 15.7. The molecule has 0 aromatic carbocycles. The molecule has 0 rings (SSSR count). The van der Waals surface area contributed by atoms with E-state index in [4.69, 9.17) is 9.05 Å². The molecule has 1 amide bonds. The van der Waals surface area contributed by atoms with Gasteiger partial charge in [-0.25, -0.2) is 0 Å². The van der Waals surface area contributed by atoms with Crippen LogP contribution in [0.3, 0.4) is 0 Å². The largest absolute Gasteiger partial charge is 0.756 e. The first-order valence-electron chi connectivity index (χ1n) is 19.4. The Bertz CT molecular complexity index is 920. The van der Waals surface area contributed by atoms with Gasteiger partial charge in [0.05, 0.1) is 39.9 Å². The molecule has 3 N–H and O–H groups in total. The third-order valence-corrected chi connectivity index (χ3v) is 9.45. The minimum atomic E-state index is -4.66. The van der Waals surface area contributed by atoms with Gasteiger partial charge in [-0.2, -0.15) is 0 Å². The van der Waals surface area contributed by atoms with E-state index >= 15 is 0 Å². The van der Waals surface area contributed by atoms with Crippen molar-refractivity contribution in [2.45, 2.75) is 167 Å². The number of carbonyl (C=O) groups excluding carboxylic acids is 1. The number of hydrogen-bond acceptors (Lipinski definition) is 7. The zero-order chi connectivity index (χ0) is 36.6. The Morgan fingerprint density at radius 1 is 0.755 bits per heavy atom. The smallest absolute Gasteiger partial charge is 0.268 e. The number of aliphatic hydroxyl groups is 2. The zero-order valence-electron chi connectivity index (χ0n) is 32.0. The van der Waals surface area contributed by atoms with Crippen LogP contribution in [0.15, 0.2) is 36.5 Å². The van der Waals surface area contributed by atoms with Crippen molar-refractivity contribution in [2.75, 3.05) is 40.9 Å². The highest BCUT2D eigenvalue weighted by molar-refractivity contribution is 7.45. The lowest BCUT2D eigenvalue weighted by molar-refractivity contribution is -0.870. The number of quaternary nitrogens is 1. The fourth-order valence-electron chi connectivity index (χ4n) is 5.32. The Morgan fingerprint density at radius 3 is 1.86 bits per heavy atom. The van der Waals surface area contributed by atoms with Crippen molar-refractivity contribution >= 4 is 13.7 Å². The zero-order valence-corrected chi connectivity index (χ0v) is 32.9. The maximum Gasteiger partial charge on any atom is 0.268 e. The first kappa shape index (κ1) is 47.7. The second kappa shape index (κ2) is 31.4. The summed E-state index contributed by atoms with van der Waals surface area (Å²) >= 11 is 0. The van der Waals surface area contributed by atoms with E-state index in [1.54, 1.807) is 0 Å². The average molecular weight is 715 g/mol. The number of unbranched alkanes of at least 4 members (excludes halogenated alkanes) is 14. The summed E-state index contributed by atoms with van der Waals surface area (Å²) in [6, 6.07) is -1.09. The monoisotopic (exact) mass is 715 g/mol. The first-order valence-corrected chi connectivity index (χ1v) is 20.9. The quantitative estimate of drug-likeness (QED) is 0.0265. The summed E-state index contributed by atoms with van der Waals surface area (Å²) in [5.41, 5.74) is 0. The van der Waals surface area contributed by atoms with Gasteiger partial charge < -0.3 is 34.0 Å². The van der Waals surface area contributed by atoms with Crippen LogP contribution in [0.5, 0.6) is 0 Å². The van der Waals surface area contributed by atoms with Crippen molar-refractivity contribution in [1.29, 1.82) is 0 Å². The van der Waals surface area contributed by atoms with E-state index in [0.717, 1.165) is 64.2 Å². The highest BCUT2D eigenvalue weighted by Gasteiger charge is 2.29. The summed E-state index contributed by atoms with van der Waals surface area (Å²) in [6.07, 6.45) is 31.8. The van der Waals surface area contributed by atoms with E-state index in [9.17, 15) is 24.5 Å². The van der Waals surface area contributed by atoms with Crippen LogP contribution in [-0.2, 0) is 18.4 Å². The number of aliphatic hydroxyl groups excluding tert-OH is 2. The number of rotatable bonds is 34. The maximum absolute atomic E-state index is 12.8. The van der Waals surface area contributed by atoms with Gasteiger partial charge >= 0.3 is 0 Å². The maximum atomic E-state index is 12.8. The standard InChI is InChI=1S/C39H75N2O7P/c1-6-8-10-12-14-16-18-20-22-24-26-28-30-32-38(43)40-36(35-48-49(45,46)47-34-33-41(3,4)5)39(44)37(42)31-29-27-25-23-21-19-17-15-13-11-9-7-2/h8,10,14,16,20,22,36-37,39,42,44H,6-7,9,11-13,15,17-19,21,23-35H2,1-5H3,(H-,40,43,45,46)/b10-8-,16-14-,22-20-. The summed E-state index contributed by atoms with van der Waals surface area (Å²) in [5.74, 6) is -0.310. The van der Waals surface area contributed by atoms with Gasteiger partial charge in [0.2, 0.25) is 5.91 Å². The number of allylic oxidation sites excluding steroid dienone is 6. The molecule has 0 aliphatic heterocycles. The van der Waals surface area contributed by atoms with Crippen LogP contribution in [0.1, 0.15) is 149 Å². The predicted octanol–water partition coefficient (Wildman–Crippen LogP) is 8.30. The van der Waals surface area contributed by atoms with Crippen molar-refractivity contribution in [3.05, 3.63) is 36.5 Å². The molecule has 288 valence electrons. The summed E-state index contributed by atoms with van der Waals surface area (Å²) < 4.78 is 23.0. The van der Waals surface area contributed by atoms with Gasteiger partial charge in [0.1, 0.15) is 19.3 Å². The Hall–Kier alpha value is -1.32. The Morgan fingerprint density at radius 2 is 1.29 bits per heavy atom. The molecule has 0 heterocycles. The number of phosphoric ester groups is 1. The Kier molecular flexibility index (Phi) is 30.6. The van der Waals surface area contributed by atoms with Gasteiger partial charge in [0.25, 0.3) is 7.82 Å². The van der Waals surface area contributed by atoms with Crippen molar-refractivity contribution in [2.24, 2.45) is 0 Å². The molecule has 0 aromatic rings. The lowest BCUT2D eigenvalue weighted by Crippen LogP contribution is -2.51. The molecule has 10 heteroatoms. The van der Waals surface area contributed by atoms with Crippen LogP contribution in [0.2, 0.25) is 0 Å². The Labute approximate surface area is 300 Å². The van der Waals surface area contributed by atoms with E-state index in [1.165, 1.54) is 51.4 Å². The second-order valence-electron chi connectivity index (χ2n) is 14.4. The number of hydrogen-bond donors (Lipinski definition) is 3. The molecule has 4 unspecified atom stereocenters. The van der Waals surface area contributed by atoms with Crippen LogP contribution in [0.4, 0.5) is 0 Å². The first-order chi connectivity index (χ1) is 23.4. The van der Waals surface area contributed by atoms with Crippen molar-refractivity contribution < 1.29 is 38.0 Å². The third kappa shape index (κ3) is 32.3. The van der Waals surface area contributed by atoms with Gasteiger partial charge in [-0.05, 0) is 44.9 Å². The van der Waals surface area contributed by atoms with Crippen LogP contribution in [-0.4, -0.2) is 79.8 Å². The summed E-state index contributed by atoms with van der Waals surface area (Å²) in [6.45, 7) is 4.26. The molecule has 0 spiro atoms. The van der Waals surface area contributed by atoms with Crippen LogP contribution in [0.25, 0.3) is 0 Å². The number of phosphoric acid groups is 1. The molecule has 0 radical (unpaired) electrons. The minimum Gasteiger partial charge on any atom is -0.756 e. The molecule has 9 nitrogen and oxygen atoms in total. The number of amides is 1. The van der Waals surface area contributed by atoms with Crippen molar-refractivity contribution in [3.8, 4) is 0 Å². The fraction of sp³-hybridized carbons (Fsp3) is 0.821. The molecular formula is C39H75N2O7P. The molecule has 0 aliphatic rings. The third-order valence-electron chi connectivity index (χ3n) is 8.48. The van der Waals surface area contributed by atoms with Crippen LogP contribution in [0, 0.1) is 0 Å². The molecule has 0 saturated heterocycles. The summed E-state index contributed by atoms with van der Waals surface area (Å²) in [7, 11) is 1.10. The molecule has 0 aliphatic carbocycles. The van der Waals surface area contributed by atoms with E-state index in [0.29, 0.717) is 23.9 Å². The number of nitrogens with zero attached hydrogens (tertiary/aromatic N) is 1. The number of nitrogens with one attached hydrogen (secondary N) is 1. The highest BCUT2D eigenvalue weighted by atomic mass is 31.2. The fourth-order valence-corrected chi connectivity index (χ4v) is 6.05. The van der Waals surface area contributed by atoms with Gasteiger partial charge in [0.15, 0.2) is 0 Å². The van der Waals surface area contributed by atoms with E-state index < -0.39 is 32.7 Å². The van der Waals surface area contributed by atoms with Crippen molar-refractivity contribution in [3.63, 3.8) is 0 Å². The minimum absolute atomic E-state index is 0.0476. The summed E-state index contributed by atoms with van der Waals surface area (Å²) in [4.78, 5) is 25.2. The molecular weight excluding hydrogens is 639 g/mol. The van der Waals surface area contributed by atoms with Gasteiger partial charge in [-0.15, -0.1) is 0 Å². The average Bonchev–Trinajstić information content (AvgIpc) is 3.04. The molecule has 0 aromatic heterocycles. The lowest BCUT2D eigenvalue weighted by Gasteiger charge is -2.31. The molecule has 4 atom stereocenters. The van der Waals surface area contributed by atoms with Gasteiger partial charge in [-0.1, -0.05) is 134 Å². The van der Waals surface area contributed by atoms with E-state index in [2.05, 4.69) is 55.6 Å². The number of likely N-dealkylation sites (N-methyl/N-ethyl adjacent to an activating group) is 1. The number of carbonyl (C=O) groups is 1. The van der Waals surface area contributed by atoms with Crippen LogP contribution < -0.4 is 10.2 Å². The highest BCUT2D eigenvalue weighted by Crippen LogP contribution is 2.38. The topological polar surface area (TPSA) is 128 Å². The molecule has 0 fully saturated rings. The predicted molar refractivity (Wildman–Crippen MR) is 202 cm³/mol. The molecule has 0 saturated carbocycles. The van der Waals surface area contributed by atoms with Crippen LogP contribution >= 0.6 is 7.82 Å². The second-order valence-corrected chi connectivity index (χ2v) is 15.8. The summed E-state index contributed by atoms with van der Waals surface area (Å²) in [5, 5.41) is 24.5. The molecule has 0 bridgehead atoms. The molecule has 49 heavy (non-hydrogen) atoms. The lowest BCUT2D eigenvalue weighted by atomic mass is 9.99. The van der Waals surface area contributed by atoms with Gasteiger partial charge in [0, 0.05) is 6.42 Å². The SMILES string of the molecule is CC/C=C\C/C=C\C/C=C\CCCCCC(=O)NC(COP(=O)([O-])OCC[N+](C)(C)C)C(O)C(O)CCCCCCCCCCCCCC. The van der Waals surface area contributed by atoms with E-state index in [1.807, 2.05) is 21.1 Å². The van der Waals surface area contributed by atoms with Gasteiger partial charge in [-0.3, -0.25) is 9.36 Å². The Balaban J connectivity index is 4.67. The van der Waals surface area contributed by atoms with E-state index in [-0.39, 0.29) is 18.9 Å².